The van der Waals surface area contributed by atoms with Gasteiger partial charge in [0.1, 0.15) is 19.0 Å². The van der Waals surface area contributed by atoms with Crippen LogP contribution < -0.4 is 0 Å². The van der Waals surface area contributed by atoms with Crippen molar-refractivity contribution in [3.63, 3.8) is 0 Å². The monoisotopic (exact) mass is 244 g/mol. The average molecular weight is 244 g/mol. The summed E-state index contributed by atoms with van der Waals surface area (Å²) < 4.78 is 10.4. The molecule has 0 N–H and O–H groups in total. The Balaban J connectivity index is 2.30. The molecule has 0 aliphatic rings. The molecule has 94 valence electrons. The van der Waals surface area contributed by atoms with Gasteiger partial charge in [-0.25, -0.2) is 4.79 Å². The maximum atomic E-state index is 11.6. The Morgan fingerprint density at radius 3 is 2.39 bits per heavy atom. The first-order valence-electron chi connectivity index (χ1n) is 5.58. The van der Waals surface area contributed by atoms with Crippen molar-refractivity contribution in [2.75, 3.05) is 13.2 Å². The summed E-state index contributed by atoms with van der Waals surface area (Å²) in [5, 5.41) is 0. The molecule has 1 rings (SSSR count). The summed E-state index contributed by atoms with van der Waals surface area (Å²) in [4.78, 5) is 11.6. The summed E-state index contributed by atoms with van der Waals surface area (Å²) in [7, 11) is 0. The van der Waals surface area contributed by atoms with Crippen molar-refractivity contribution in [3.05, 3.63) is 73.0 Å². The van der Waals surface area contributed by atoms with E-state index in [1.807, 2.05) is 6.07 Å². The van der Waals surface area contributed by atoms with Crippen LogP contribution >= 0.6 is 0 Å². The molecular weight excluding hydrogens is 228 g/mol. The standard InChI is InChI=1S/C15H16O3/c1-3-8-14(4-2)17-11-12-18-15(16)13-9-6-5-7-10-13/h3-10H,1-2,11-12H2/b14-8+. The Kier molecular flexibility index (Phi) is 6.04. The SMILES string of the molecule is C=C/C=C(\C=C)OCCOC(=O)c1ccccc1. The molecule has 1 aromatic carbocycles. The van der Waals surface area contributed by atoms with Crippen LogP contribution in [-0.2, 0) is 9.47 Å². The second kappa shape index (κ2) is 7.90. The normalized spacial score (nSPS) is 10.6. The maximum absolute atomic E-state index is 11.6. The van der Waals surface area contributed by atoms with E-state index in [1.54, 1.807) is 42.5 Å². The van der Waals surface area contributed by atoms with E-state index in [0.717, 1.165) is 0 Å². The molecule has 0 amide bonds. The second-order valence-corrected chi connectivity index (χ2v) is 3.36. The van der Waals surface area contributed by atoms with Gasteiger partial charge >= 0.3 is 5.97 Å². The number of hydrogen-bond acceptors (Lipinski definition) is 3. The summed E-state index contributed by atoms with van der Waals surface area (Å²) in [6.07, 6.45) is 4.86. The molecule has 0 saturated carbocycles. The van der Waals surface area contributed by atoms with Crippen LogP contribution in [0.25, 0.3) is 0 Å². The Morgan fingerprint density at radius 1 is 1.11 bits per heavy atom. The van der Waals surface area contributed by atoms with Crippen molar-refractivity contribution >= 4 is 5.97 Å². The highest BCUT2D eigenvalue weighted by molar-refractivity contribution is 5.89. The summed E-state index contributed by atoms with van der Waals surface area (Å²) in [6.45, 7) is 7.62. The Morgan fingerprint density at radius 2 is 1.78 bits per heavy atom. The minimum atomic E-state index is -0.355. The number of rotatable bonds is 7. The van der Waals surface area contributed by atoms with Crippen molar-refractivity contribution < 1.29 is 14.3 Å². The van der Waals surface area contributed by atoms with E-state index in [9.17, 15) is 4.79 Å². The topological polar surface area (TPSA) is 35.5 Å². The van der Waals surface area contributed by atoms with Gasteiger partial charge in [-0.3, -0.25) is 0 Å². The Bertz CT molecular complexity index is 432. The van der Waals surface area contributed by atoms with Gasteiger partial charge in [-0.05, 0) is 24.3 Å². The molecule has 0 saturated heterocycles. The summed E-state index contributed by atoms with van der Waals surface area (Å²) >= 11 is 0. The number of allylic oxidation sites excluding steroid dienone is 3. The molecule has 18 heavy (non-hydrogen) atoms. The molecule has 1 aromatic rings. The van der Waals surface area contributed by atoms with Crippen LogP contribution in [0.3, 0.4) is 0 Å². The molecule has 0 radical (unpaired) electrons. The lowest BCUT2D eigenvalue weighted by Crippen LogP contribution is -2.10. The van der Waals surface area contributed by atoms with Crippen LogP contribution in [0.4, 0.5) is 0 Å². The van der Waals surface area contributed by atoms with Crippen LogP contribution in [-0.4, -0.2) is 19.2 Å². The van der Waals surface area contributed by atoms with E-state index in [4.69, 9.17) is 9.47 Å². The quantitative estimate of drug-likeness (QED) is 0.320. The van der Waals surface area contributed by atoms with E-state index in [0.29, 0.717) is 11.3 Å². The van der Waals surface area contributed by atoms with Crippen molar-refractivity contribution in [1.29, 1.82) is 0 Å². The highest BCUT2D eigenvalue weighted by Gasteiger charge is 2.05. The molecule has 0 atom stereocenters. The highest BCUT2D eigenvalue weighted by Crippen LogP contribution is 2.02. The molecule has 3 heteroatoms. The molecule has 0 unspecified atom stereocenters. The van der Waals surface area contributed by atoms with Crippen LogP contribution in [0.15, 0.2) is 67.5 Å². The number of esters is 1. The first-order chi connectivity index (χ1) is 8.77. The van der Waals surface area contributed by atoms with Crippen LogP contribution in [0, 0.1) is 0 Å². The molecule has 0 fully saturated rings. The summed E-state index contributed by atoms with van der Waals surface area (Å²) in [5.74, 6) is 0.243. The highest BCUT2D eigenvalue weighted by atomic mass is 16.6. The van der Waals surface area contributed by atoms with Crippen molar-refractivity contribution in [1.82, 2.24) is 0 Å². The Labute approximate surface area is 107 Å². The zero-order valence-electron chi connectivity index (χ0n) is 10.2. The predicted molar refractivity (Wildman–Crippen MR) is 71.2 cm³/mol. The van der Waals surface area contributed by atoms with Gasteiger partial charge in [0.05, 0.1) is 5.56 Å². The molecule has 0 heterocycles. The van der Waals surface area contributed by atoms with Gasteiger partial charge in [0.25, 0.3) is 0 Å². The number of benzene rings is 1. The zero-order chi connectivity index (χ0) is 13.2. The van der Waals surface area contributed by atoms with Gasteiger partial charge in [-0.2, -0.15) is 0 Å². The van der Waals surface area contributed by atoms with E-state index in [-0.39, 0.29) is 19.2 Å². The minimum Gasteiger partial charge on any atom is -0.490 e. The fourth-order valence-corrected chi connectivity index (χ4v) is 1.24. The van der Waals surface area contributed by atoms with Gasteiger partial charge < -0.3 is 9.47 Å². The molecule has 0 aliphatic heterocycles. The molecule has 3 nitrogen and oxygen atoms in total. The molecule has 0 aromatic heterocycles. The number of carbonyl (C=O) groups is 1. The van der Waals surface area contributed by atoms with Gasteiger partial charge in [0.15, 0.2) is 0 Å². The fraction of sp³-hybridized carbons (Fsp3) is 0.133. The smallest absolute Gasteiger partial charge is 0.338 e. The Hall–Kier alpha value is -2.29. The van der Waals surface area contributed by atoms with Crippen molar-refractivity contribution in [2.24, 2.45) is 0 Å². The average Bonchev–Trinajstić information content (AvgIpc) is 2.43. The fourth-order valence-electron chi connectivity index (χ4n) is 1.24. The molecule has 0 spiro atoms. The lowest BCUT2D eigenvalue weighted by molar-refractivity contribution is 0.0407. The van der Waals surface area contributed by atoms with Crippen molar-refractivity contribution in [3.8, 4) is 0 Å². The minimum absolute atomic E-state index is 0.191. The third-order valence-corrected chi connectivity index (χ3v) is 2.08. The van der Waals surface area contributed by atoms with Crippen LogP contribution in [0.5, 0.6) is 0 Å². The van der Waals surface area contributed by atoms with Gasteiger partial charge in [-0.1, -0.05) is 37.4 Å². The molecular formula is C15H16O3. The largest absolute Gasteiger partial charge is 0.490 e. The third kappa shape index (κ3) is 4.70. The van der Waals surface area contributed by atoms with Crippen LogP contribution in [0.1, 0.15) is 10.4 Å². The lowest BCUT2D eigenvalue weighted by atomic mass is 10.2. The molecule has 0 bridgehead atoms. The first kappa shape index (κ1) is 13.8. The lowest BCUT2D eigenvalue weighted by Gasteiger charge is -2.07. The van der Waals surface area contributed by atoms with Crippen LogP contribution in [0.2, 0.25) is 0 Å². The van der Waals surface area contributed by atoms with E-state index < -0.39 is 0 Å². The number of hydrogen-bond donors (Lipinski definition) is 0. The van der Waals surface area contributed by atoms with Gasteiger partial charge in [0.2, 0.25) is 0 Å². The first-order valence-corrected chi connectivity index (χ1v) is 5.58. The molecule has 0 aliphatic carbocycles. The summed E-state index contributed by atoms with van der Waals surface area (Å²) in [6, 6.07) is 8.83. The number of ether oxygens (including phenoxy) is 2. The van der Waals surface area contributed by atoms with Gasteiger partial charge in [-0.15, -0.1) is 0 Å². The van der Waals surface area contributed by atoms with E-state index in [2.05, 4.69) is 13.2 Å². The second-order valence-electron chi connectivity index (χ2n) is 3.36. The van der Waals surface area contributed by atoms with Gasteiger partial charge in [0, 0.05) is 0 Å². The van der Waals surface area contributed by atoms with E-state index in [1.165, 1.54) is 0 Å². The zero-order valence-corrected chi connectivity index (χ0v) is 10.2. The third-order valence-electron chi connectivity index (χ3n) is 2.08. The maximum Gasteiger partial charge on any atom is 0.338 e. The summed E-state index contributed by atoms with van der Waals surface area (Å²) in [5.41, 5.74) is 0.531. The predicted octanol–water partition coefficient (Wildman–Crippen LogP) is 3.12. The van der Waals surface area contributed by atoms with E-state index >= 15 is 0 Å². The number of carbonyl (C=O) groups excluding carboxylic acids is 1. The van der Waals surface area contributed by atoms with Crippen molar-refractivity contribution in [2.45, 2.75) is 0 Å².